The molecular formula is C71H60N2. The Morgan fingerprint density at radius 1 is 0.233 bits per heavy atom. The average molecular weight is 941 g/mol. The molecule has 2 aliphatic heterocycles. The Labute approximate surface area is 431 Å². The van der Waals surface area contributed by atoms with Gasteiger partial charge in [0.25, 0.3) is 0 Å². The highest BCUT2D eigenvalue weighted by Gasteiger charge is 2.54. The number of rotatable bonds is 6. The van der Waals surface area contributed by atoms with E-state index in [2.05, 4.69) is 284 Å². The maximum Gasteiger partial charge on any atom is 0.0742 e. The van der Waals surface area contributed by atoms with Crippen LogP contribution in [0.2, 0.25) is 0 Å². The molecule has 73 heavy (non-hydrogen) atoms. The fourth-order valence-electron chi connectivity index (χ4n) is 13.5. The molecule has 0 saturated carbocycles. The number of hydrogen-bond acceptors (Lipinski definition) is 2. The fourth-order valence-corrected chi connectivity index (χ4v) is 13.5. The molecule has 0 saturated heterocycles. The molecule has 0 spiro atoms. The highest BCUT2D eigenvalue weighted by atomic mass is 15.1. The first kappa shape index (κ1) is 44.7. The molecule has 0 unspecified atom stereocenters. The Kier molecular flexibility index (Phi) is 10.1. The zero-order chi connectivity index (χ0) is 50.0. The summed E-state index contributed by atoms with van der Waals surface area (Å²) in [5.41, 5.74) is 28.1. The summed E-state index contributed by atoms with van der Waals surface area (Å²) in [6.45, 7) is 13.3. The molecule has 3 aliphatic rings. The first-order valence-corrected chi connectivity index (χ1v) is 25.9. The molecule has 0 atom stereocenters. The Morgan fingerprint density at radius 3 is 0.808 bits per heavy atom. The molecule has 10 aromatic rings. The third-order valence-corrected chi connectivity index (χ3v) is 17.1. The van der Waals surface area contributed by atoms with Gasteiger partial charge in [-0.05, 0) is 156 Å². The molecule has 2 heteroatoms. The SMILES string of the molecule is Cc1ccc(C2(c3ccc(C)cc3)c3cc(C)ccc3N(C)c3cc4c(cc32)-c2cc3c(cc2C4(c2ccccc2)c2ccccc2)N(C)c2ccc(C)cc2C3(c2ccc(C)cc2)c2ccc(C)cc2)cc1. The van der Waals surface area contributed by atoms with Gasteiger partial charge in [-0.2, -0.15) is 0 Å². The molecule has 0 fully saturated rings. The summed E-state index contributed by atoms with van der Waals surface area (Å²) in [6, 6.07) is 84.8. The molecule has 10 aromatic carbocycles. The van der Waals surface area contributed by atoms with Crippen LogP contribution in [0.4, 0.5) is 22.7 Å². The minimum Gasteiger partial charge on any atom is -0.344 e. The summed E-state index contributed by atoms with van der Waals surface area (Å²) in [6.07, 6.45) is 0. The predicted octanol–water partition coefficient (Wildman–Crippen LogP) is 16.8. The second kappa shape index (κ2) is 16.4. The van der Waals surface area contributed by atoms with Crippen molar-refractivity contribution in [3.8, 4) is 11.1 Å². The molecule has 0 bridgehead atoms. The van der Waals surface area contributed by atoms with Crippen LogP contribution in [0.25, 0.3) is 11.1 Å². The maximum absolute atomic E-state index is 2.63. The van der Waals surface area contributed by atoms with E-state index in [9.17, 15) is 0 Å². The van der Waals surface area contributed by atoms with E-state index >= 15 is 0 Å². The lowest BCUT2D eigenvalue weighted by Gasteiger charge is -2.46. The molecule has 0 N–H and O–H groups in total. The monoisotopic (exact) mass is 940 g/mol. The minimum absolute atomic E-state index is 0.650. The van der Waals surface area contributed by atoms with Crippen LogP contribution < -0.4 is 9.80 Å². The summed E-state index contributed by atoms with van der Waals surface area (Å²) in [4.78, 5) is 4.96. The van der Waals surface area contributed by atoms with Crippen molar-refractivity contribution in [2.45, 2.75) is 57.8 Å². The maximum atomic E-state index is 2.63. The van der Waals surface area contributed by atoms with Crippen molar-refractivity contribution in [1.82, 2.24) is 0 Å². The lowest BCUT2D eigenvalue weighted by Crippen LogP contribution is -2.39. The quantitative estimate of drug-likeness (QED) is 0.164. The number of anilines is 4. The van der Waals surface area contributed by atoms with Gasteiger partial charge in [0.2, 0.25) is 0 Å². The van der Waals surface area contributed by atoms with Gasteiger partial charge in [-0.1, -0.05) is 215 Å². The van der Waals surface area contributed by atoms with Crippen LogP contribution in [0.3, 0.4) is 0 Å². The molecule has 13 rings (SSSR count). The fraction of sp³-hybridized carbons (Fsp3) is 0.155. The van der Waals surface area contributed by atoms with Gasteiger partial charge in [0.05, 0.1) is 16.2 Å². The van der Waals surface area contributed by atoms with Crippen LogP contribution in [0.1, 0.15) is 100 Å². The van der Waals surface area contributed by atoms with E-state index in [-0.39, 0.29) is 0 Å². The van der Waals surface area contributed by atoms with Gasteiger partial charge in [0.15, 0.2) is 0 Å². The summed E-state index contributed by atoms with van der Waals surface area (Å²) in [5, 5.41) is 0. The number of nitrogens with zero attached hydrogens (tertiary/aromatic N) is 2. The van der Waals surface area contributed by atoms with Crippen LogP contribution in [0, 0.1) is 41.5 Å². The Hall–Kier alpha value is -8.20. The van der Waals surface area contributed by atoms with E-state index in [0.717, 1.165) is 0 Å². The smallest absolute Gasteiger partial charge is 0.0742 e. The first-order valence-electron chi connectivity index (χ1n) is 25.9. The van der Waals surface area contributed by atoms with Gasteiger partial charge in [-0.3, -0.25) is 0 Å². The molecule has 0 aromatic heterocycles. The topological polar surface area (TPSA) is 6.48 Å². The van der Waals surface area contributed by atoms with Gasteiger partial charge in [-0.15, -0.1) is 0 Å². The van der Waals surface area contributed by atoms with Gasteiger partial charge in [0, 0.05) is 36.8 Å². The van der Waals surface area contributed by atoms with E-state index in [1.54, 1.807) is 0 Å². The van der Waals surface area contributed by atoms with E-state index in [0.29, 0.717) is 0 Å². The van der Waals surface area contributed by atoms with Gasteiger partial charge < -0.3 is 9.80 Å². The lowest BCUT2D eigenvalue weighted by atomic mass is 9.61. The van der Waals surface area contributed by atoms with Crippen LogP contribution in [-0.4, -0.2) is 14.1 Å². The summed E-state index contributed by atoms with van der Waals surface area (Å²) >= 11 is 0. The average Bonchev–Trinajstić information content (AvgIpc) is 3.71. The molecule has 0 amide bonds. The molecular weight excluding hydrogens is 881 g/mol. The van der Waals surface area contributed by atoms with Crippen molar-refractivity contribution >= 4 is 22.7 Å². The van der Waals surface area contributed by atoms with Gasteiger partial charge in [0.1, 0.15) is 0 Å². The molecule has 2 nitrogen and oxygen atoms in total. The van der Waals surface area contributed by atoms with E-state index in [4.69, 9.17) is 0 Å². The Morgan fingerprint density at radius 2 is 0.493 bits per heavy atom. The standard InChI is InChI=1S/C71H60N2/c1-45-19-29-53(30-20-45)70(54-31-21-46(2)22-32-54)61-39-49(5)27-37-65(61)72(7)67-43-59-57(41-63(67)70)58-42-64-68(44-60(58)69(59,51-15-11-9-12-16-51)52-17-13-10-14-18-52)73(8)66-38-28-50(6)40-62(66)71(64,55-33-23-47(3)24-34-55)56-35-25-48(4)26-36-56/h9-44H,1-8H3. The van der Waals surface area contributed by atoms with E-state index in [1.807, 2.05) is 0 Å². The normalized spacial score (nSPS) is 15.1. The molecule has 1 aliphatic carbocycles. The predicted molar refractivity (Wildman–Crippen MR) is 305 cm³/mol. The first-order chi connectivity index (χ1) is 35.4. The number of aryl methyl sites for hydroxylation is 6. The summed E-state index contributed by atoms with van der Waals surface area (Å²) in [7, 11) is 4.57. The zero-order valence-corrected chi connectivity index (χ0v) is 43.2. The van der Waals surface area contributed by atoms with Crippen LogP contribution in [0.5, 0.6) is 0 Å². The summed E-state index contributed by atoms with van der Waals surface area (Å²) < 4.78 is 0. The van der Waals surface area contributed by atoms with Gasteiger partial charge >= 0.3 is 0 Å². The van der Waals surface area contributed by atoms with Gasteiger partial charge in [-0.25, -0.2) is 0 Å². The van der Waals surface area contributed by atoms with Crippen molar-refractivity contribution in [1.29, 1.82) is 0 Å². The van der Waals surface area contributed by atoms with Crippen molar-refractivity contribution in [3.05, 3.63) is 319 Å². The molecule has 354 valence electrons. The third-order valence-electron chi connectivity index (χ3n) is 17.1. The second-order valence-electron chi connectivity index (χ2n) is 21.4. The number of fused-ring (bicyclic) bond motifs is 7. The Balaban J connectivity index is 1.23. The zero-order valence-electron chi connectivity index (χ0n) is 43.2. The van der Waals surface area contributed by atoms with Crippen molar-refractivity contribution < 1.29 is 0 Å². The summed E-state index contributed by atoms with van der Waals surface area (Å²) in [5.74, 6) is 0. The van der Waals surface area contributed by atoms with Crippen molar-refractivity contribution in [3.63, 3.8) is 0 Å². The van der Waals surface area contributed by atoms with Crippen molar-refractivity contribution in [2.24, 2.45) is 0 Å². The highest BCUT2D eigenvalue weighted by Crippen LogP contribution is 2.65. The second-order valence-corrected chi connectivity index (χ2v) is 21.4. The lowest BCUT2D eigenvalue weighted by molar-refractivity contribution is 0.718. The van der Waals surface area contributed by atoms with Crippen LogP contribution in [0.15, 0.2) is 218 Å². The third kappa shape index (κ3) is 6.23. The highest BCUT2D eigenvalue weighted by molar-refractivity contribution is 5.96. The number of benzene rings is 10. The molecule has 0 radical (unpaired) electrons. The van der Waals surface area contributed by atoms with E-state index < -0.39 is 16.2 Å². The van der Waals surface area contributed by atoms with E-state index in [1.165, 1.54) is 134 Å². The largest absolute Gasteiger partial charge is 0.344 e. The van der Waals surface area contributed by atoms with Crippen LogP contribution in [-0.2, 0) is 16.2 Å². The number of hydrogen-bond donors (Lipinski definition) is 0. The van der Waals surface area contributed by atoms with Crippen LogP contribution >= 0.6 is 0 Å². The Bertz CT molecular complexity index is 3450. The molecule has 2 heterocycles. The minimum atomic E-state index is -0.674. The van der Waals surface area contributed by atoms with Crippen molar-refractivity contribution in [2.75, 3.05) is 23.9 Å².